The molecule has 1 N–H and O–H groups in total. The summed E-state index contributed by atoms with van der Waals surface area (Å²) in [5.41, 5.74) is 1.83. The van der Waals surface area contributed by atoms with Crippen molar-refractivity contribution in [2.45, 2.75) is 20.4 Å². The fraction of sp³-hybridized carbons (Fsp3) is 0.150. The Bertz CT molecular complexity index is 1010. The maximum atomic E-state index is 13.6. The van der Waals surface area contributed by atoms with Gasteiger partial charge in [-0.1, -0.05) is 36.4 Å². The Kier molecular flexibility index (Phi) is 4.93. The van der Waals surface area contributed by atoms with E-state index in [1.54, 1.807) is 26.0 Å². The van der Waals surface area contributed by atoms with Crippen LogP contribution in [0.25, 0.3) is 11.4 Å². The van der Waals surface area contributed by atoms with E-state index in [-0.39, 0.29) is 12.1 Å². The van der Waals surface area contributed by atoms with E-state index in [2.05, 4.69) is 10.3 Å². The first-order valence-corrected chi connectivity index (χ1v) is 8.14. The quantitative estimate of drug-likeness (QED) is 0.784. The summed E-state index contributed by atoms with van der Waals surface area (Å²) in [6.07, 6.45) is 0. The molecule has 1 aromatic heterocycles. The Morgan fingerprint density at radius 2 is 1.85 bits per heavy atom. The third-order valence-electron chi connectivity index (χ3n) is 3.93. The second kappa shape index (κ2) is 7.31. The molecule has 3 aromatic rings. The molecule has 132 valence electrons. The van der Waals surface area contributed by atoms with Crippen LogP contribution in [-0.4, -0.2) is 15.5 Å². The Morgan fingerprint density at radius 3 is 2.54 bits per heavy atom. The van der Waals surface area contributed by atoms with Crippen LogP contribution in [0, 0.1) is 19.7 Å². The predicted octanol–water partition coefficient (Wildman–Crippen LogP) is 3.30. The van der Waals surface area contributed by atoms with Crippen LogP contribution in [0.5, 0.6) is 0 Å². The maximum Gasteiger partial charge on any atom is 0.254 e. The van der Waals surface area contributed by atoms with Gasteiger partial charge >= 0.3 is 0 Å². The molecule has 0 radical (unpaired) electrons. The summed E-state index contributed by atoms with van der Waals surface area (Å²) in [6, 6.07) is 15.0. The summed E-state index contributed by atoms with van der Waals surface area (Å²) < 4.78 is 14.9. The number of amides is 1. The van der Waals surface area contributed by atoms with Crippen LogP contribution >= 0.6 is 0 Å². The highest BCUT2D eigenvalue weighted by atomic mass is 19.1. The molecule has 2 aromatic carbocycles. The van der Waals surface area contributed by atoms with Gasteiger partial charge in [0.25, 0.3) is 5.56 Å². The van der Waals surface area contributed by atoms with Crippen molar-refractivity contribution in [3.8, 4) is 11.4 Å². The van der Waals surface area contributed by atoms with Crippen molar-refractivity contribution in [3.63, 3.8) is 0 Å². The van der Waals surface area contributed by atoms with Crippen molar-refractivity contribution in [1.29, 1.82) is 0 Å². The average molecular weight is 351 g/mol. The Labute approximate surface area is 150 Å². The third kappa shape index (κ3) is 3.85. The number of anilines is 1. The van der Waals surface area contributed by atoms with E-state index in [1.165, 1.54) is 16.7 Å². The molecule has 1 heterocycles. The molecular weight excluding hydrogens is 333 g/mol. The molecule has 26 heavy (non-hydrogen) atoms. The summed E-state index contributed by atoms with van der Waals surface area (Å²) in [6.45, 7) is 3.16. The van der Waals surface area contributed by atoms with Gasteiger partial charge < -0.3 is 5.32 Å². The molecule has 0 aliphatic heterocycles. The van der Waals surface area contributed by atoms with Gasteiger partial charge in [0.05, 0.1) is 0 Å². The highest BCUT2D eigenvalue weighted by molar-refractivity contribution is 5.90. The Morgan fingerprint density at radius 1 is 1.12 bits per heavy atom. The Hall–Kier alpha value is -3.28. The topological polar surface area (TPSA) is 64.0 Å². The zero-order valence-electron chi connectivity index (χ0n) is 14.5. The standard InChI is InChI=1S/C20H18FN3O2/c1-13-8-9-16(11-17(13)21)23-18(25)12-24-19(26)10-14(2)22-20(24)15-6-4-3-5-7-15/h3-11H,12H2,1-2H3,(H,23,25). The van der Waals surface area contributed by atoms with Gasteiger partial charge in [-0.3, -0.25) is 14.2 Å². The fourth-order valence-electron chi connectivity index (χ4n) is 2.60. The molecule has 5 nitrogen and oxygen atoms in total. The van der Waals surface area contributed by atoms with Crippen LogP contribution in [0.15, 0.2) is 59.4 Å². The van der Waals surface area contributed by atoms with Crippen LogP contribution in [0.3, 0.4) is 0 Å². The lowest BCUT2D eigenvalue weighted by atomic mass is 10.2. The highest BCUT2D eigenvalue weighted by Crippen LogP contribution is 2.17. The zero-order chi connectivity index (χ0) is 18.7. The van der Waals surface area contributed by atoms with Crippen molar-refractivity contribution in [1.82, 2.24) is 9.55 Å². The first kappa shape index (κ1) is 17.5. The van der Waals surface area contributed by atoms with E-state index in [4.69, 9.17) is 0 Å². The van der Waals surface area contributed by atoms with E-state index in [0.717, 1.165) is 5.56 Å². The van der Waals surface area contributed by atoms with Crippen LogP contribution < -0.4 is 10.9 Å². The number of rotatable bonds is 4. The number of nitrogens with zero attached hydrogens (tertiary/aromatic N) is 2. The van der Waals surface area contributed by atoms with Crippen molar-refractivity contribution in [2.75, 3.05) is 5.32 Å². The van der Waals surface area contributed by atoms with Gasteiger partial charge in [0, 0.05) is 23.0 Å². The molecule has 0 spiro atoms. The number of hydrogen-bond acceptors (Lipinski definition) is 3. The lowest BCUT2D eigenvalue weighted by Gasteiger charge is -2.13. The average Bonchev–Trinajstić information content (AvgIpc) is 2.61. The van der Waals surface area contributed by atoms with Crippen LogP contribution in [-0.2, 0) is 11.3 Å². The van der Waals surface area contributed by atoms with Crippen molar-refractivity contribution < 1.29 is 9.18 Å². The molecule has 0 aliphatic carbocycles. The first-order chi connectivity index (χ1) is 12.4. The minimum Gasteiger partial charge on any atom is -0.324 e. The van der Waals surface area contributed by atoms with Gasteiger partial charge in [-0.2, -0.15) is 0 Å². The molecular formula is C20H18FN3O2. The first-order valence-electron chi connectivity index (χ1n) is 8.14. The molecule has 6 heteroatoms. The number of nitrogens with one attached hydrogen (secondary N) is 1. The van der Waals surface area contributed by atoms with Gasteiger partial charge in [0.1, 0.15) is 18.2 Å². The zero-order valence-corrected chi connectivity index (χ0v) is 14.5. The van der Waals surface area contributed by atoms with E-state index in [0.29, 0.717) is 22.8 Å². The van der Waals surface area contributed by atoms with Gasteiger partial charge in [0.15, 0.2) is 0 Å². The minimum atomic E-state index is -0.432. The minimum absolute atomic E-state index is 0.216. The molecule has 0 bridgehead atoms. The summed E-state index contributed by atoms with van der Waals surface area (Å²) in [5.74, 6) is -0.416. The van der Waals surface area contributed by atoms with Crippen molar-refractivity contribution in [2.24, 2.45) is 0 Å². The number of carbonyl (C=O) groups is 1. The lowest BCUT2D eigenvalue weighted by Crippen LogP contribution is -2.29. The summed E-state index contributed by atoms with van der Waals surface area (Å²) in [7, 11) is 0. The van der Waals surface area contributed by atoms with Crippen LogP contribution in [0.2, 0.25) is 0 Å². The van der Waals surface area contributed by atoms with E-state index in [9.17, 15) is 14.0 Å². The molecule has 0 saturated heterocycles. The number of halogens is 1. The maximum absolute atomic E-state index is 13.6. The monoisotopic (exact) mass is 351 g/mol. The SMILES string of the molecule is Cc1cc(=O)n(CC(=O)Nc2ccc(C)c(F)c2)c(-c2ccccc2)n1. The fourth-order valence-corrected chi connectivity index (χ4v) is 2.60. The Balaban J connectivity index is 1.90. The predicted molar refractivity (Wildman–Crippen MR) is 98.4 cm³/mol. The summed E-state index contributed by atoms with van der Waals surface area (Å²) in [5, 5.41) is 2.61. The van der Waals surface area contributed by atoms with Gasteiger partial charge in [-0.25, -0.2) is 9.37 Å². The van der Waals surface area contributed by atoms with Crippen LogP contribution in [0.1, 0.15) is 11.3 Å². The molecule has 1 amide bonds. The molecule has 0 aliphatic rings. The van der Waals surface area contributed by atoms with E-state index >= 15 is 0 Å². The highest BCUT2D eigenvalue weighted by Gasteiger charge is 2.13. The van der Waals surface area contributed by atoms with Crippen molar-refractivity contribution >= 4 is 11.6 Å². The summed E-state index contributed by atoms with van der Waals surface area (Å²) >= 11 is 0. The number of benzene rings is 2. The molecule has 0 saturated carbocycles. The van der Waals surface area contributed by atoms with Crippen LogP contribution in [0.4, 0.5) is 10.1 Å². The lowest BCUT2D eigenvalue weighted by molar-refractivity contribution is -0.116. The summed E-state index contributed by atoms with van der Waals surface area (Å²) in [4.78, 5) is 29.2. The van der Waals surface area contributed by atoms with E-state index in [1.807, 2.05) is 30.3 Å². The van der Waals surface area contributed by atoms with Gasteiger partial charge in [0.2, 0.25) is 5.91 Å². The third-order valence-corrected chi connectivity index (χ3v) is 3.93. The number of carbonyl (C=O) groups excluding carboxylic acids is 1. The second-order valence-electron chi connectivity index (χ2n) is 6.02. The molecule has 0 fully saturated rings. The number of aromatic nitrogens is 2. The largest absolute Gasteiger partial charge is 0.324 e. The number of hydrogen-bond donors (Lipinski definition) is 1. The van der Waals surface area contributed by atoms with Gasteiger partial charge in [-0.15, -0.1) is 0 Å². The molecule has 0 unspecified atom stereocenters. The smallest absolute Gasteiger partial charge is 0.254 e. The molecule has 3 rings (SSSR count). The van der Waals surface area contributed by atoms with Crippen molar-refractivity contribution in [3.05, 3.63) is 82.0 Å². The van der Waals surface area contributed by atoms with Gasteiger partial charge in [-0.05, 0) is 31.5 Å². The number of aryl methyl sites for hydroxylation is 2. The normalized spacial score (nSPS) is 10.6. The second-order valence-corrected chi connectivity index (χ2v) is 6.02. The molecule has 0 atom stereocenters. The van der Waals surface area contributed by atoms with E-state index < -0.39 is 11.7 Å².